The smallest absolute Gasteiger partial charge is 0.423 e. The molecule has 0 aliphatic carbocycles. The maximum Gasteiger partial charge on any atom is 0.490 e. The highest BCUT2D eigenvalue weighted by Crippen LogP contribution is 2.24. The fourth-order valence-electron chi connectivity index (χ4n) is 2.23. The average Bonchev–Trinajstić information content (AvgIpc) is 2.82. The Hall–Kier alpha value is -1.44. The first kappa shape index (κ1) is 11.6. The van der Waals surface area contributed by atoms with Crippen LogP contribution < -0.4 is 5.46 Å². The van der Waals surface area contributed by atoms with Crippen LogP contribution in [0.1, 0.15) is 25.5 Å². The summed E-state index contributed by atoms with van der Waals surface area (Å²) >= 11 is 0. The van der Waals surface area contributed by atoms with Crippen LogP contribution in [0.2, 0.25) is 0 Å². The molecule has 3 heterocycles. The zero-order valence-electron chi connectivity index (χ0n) is 9.86. The van der Waals surface area contributed by atoms with Crippen LogP contribution in [-0.2, 0) is 4.74 Å². The summed E-state index contributed by atoms with van der Waals surface area (Å²) in [5.41, 5.74) is 1.08. The minimum atomic E-state index is -1.50. The van der Waals surface area contributed by atoms with Crippen LogP contribution in [0.15, 0.2) is 18.5 Å². The van der Waals surface area contributed by atoms with Crippen LogP contribution in [0.25, 0.3) is 11.0 Å². The van der Waals surface area contributed by atoms with Gasteiger partial charge in [-0.15, -0.1) is 0 Å². The highest BCUT2D eigenvalue weighted by Gasteiger charge is 2.20. The molecule has 7 heteroatoms. The Morgan fingerprint density at radius 1 is 1.33 bits per heavy atom. The molecule has 6 nitrogen and oxygen atoms in total. The monoisotopic (exact) mass is 247 g/mol. The summed E-state index contributed by atoms with van der Waals surface area (Å²) < 4.78 is 7.44. The summed E-state index contributed by atoms with van der Waals surface area (Å²) in [6.07, 6.45) is 6.21. The molecule has 2 aromatic heterocycles. The number of ether oxygens (including phenoxy) is 1. The molecule has 0 saturated carbocycles. The Balaban J connectivity index is 1.98. The van der Waals surface area contributed by atoms with Crippen molar-refractivity contribution in [3.8, 4) is 0 Å². The molecule has 1 aliphatic heterocycles. The Kier molecular flexibility index (Phi) is 3.03. The van der Waals surface area contributed by atoms with Crippen LogP contribution >= 0.6 is 0 Å². The third-order valence-corrected chi connectivity index (χ3v) is 3.18. The Labute approximate surface area is 104 Å². The molecule has 1 atom stereocenters. The number of pyridine rings is 1. The van der Waals surface area contributed by atoms with Crippen molar-refractivity contribution in [2.24, 2.45) is 0 Å². The van der Waals surface area contributed by atoms with Crippen LogP contribution in [0, 0.1) is 0 Å². The molecule has 2 N–H and O–H groups in total. The second-order valence-electron chi connectivity index (χ2n) is 4.47. The predicted molar refractivity (Wildman–Crippen MR) is 66.2 cm³/mol. The third kappa shape index (κ3) is 2.00. The summed E-state index contributed by atoms with van der Waals surface area (Å²) in [7, 11) is -1.50. The van der Waals surface area contributed by atoms with Gasteiger partial charge >= 0.3 is 7.12 Å². The van der Waals surface area contributed by atoms with Gasteiger partial charge in [-0.05, 0) is 25.3 Å². The van der Waals surface area contributed by atoms with Gasteiger partial charge in [-0.1, -0.05) is 0 Å². The van der Waals surface area contributed by atoms with E-state index in [1.807, 2.05) is 0 Å². The largest absolute Gasteiger partial charge is 0.490 e. The van der Waals surface area contributed by atoms with Gasteiger partial charge in [0.1, 0.15) is 0 Å². The molecule has 1 aliphatic rings. The first-order valence-corrected chi connectivity index (χ1v) is 6.06. The highest BCUT2D eigenvalue weighted by atomic mass is 16.5. The Morgan fingerprint density at radius 2 is 2.22 bits per heavy atom. The number of hydrogen-bond acceptors (Lipinski definition) is 5. The Bertz CT molecular complexity index is 551. The van der Waals surface area contributed by atoms with Crippen molar-refractivity contribution in [1.82, 2.24) is 14.8 Å². The molecule has 0 bridgehead atoms. The van der Waals surface area contributed by atoms with Gasteiger partial charge in [0.25, 0.3) is 0 Å². The first-order valence-electron chi connectivity index (χ1n) is 6.06. The lowest BCUT2D eigenvalue weighted by atomic mass is 9.81. The van der Waals surface area contributed by atoms with Gasteiger partial charge in [-0.3, -0.25) is 0 Å². The van der Waals surface area contributed by atoms with Crippen LogP contribution in [0.5, 0.6) is 0 Å². The molecule has 0 radical (unpaired) electrons. The summed E-state index contributed by atoms with van der Waals surface area (Å²) in [5.74, 6) is 0. The standard InChI is InChI=1S/C11H14BN3O3/c16-12(17)9-5-8-6-14-15(11(8)13-7-9)10-3-1-2-4-18-10/h5-7,10,16-17H,1-4H2. The molecule has 1 saturated heterocycles. The predicted octanol–water partition coefficient (Wildman–Crippen LogP) is -0.190. The van der Waals surface area contributed by atoms with E-state index in [1.165, 1.54) is 6.20 Å². The lowest BCUT2D eigenvalue weighted by molar-refractivity contribution is -0.0370. The van der Waals surface area contributed by atoms with E-state index in [0.717, 1.165) is 31.3 Å². The quantitative estimate of drug-likeness (QED) is 0.719. The molecule has 0 spiro atoms. The molecule has 0 aromatic carbocycles. The summed E-state index contributed by atoms with van der Waals surface area (Å²) in [4.78, 5) is 4.24. The van der Waals surface area contributed by atoms with Gasteiger partial charge < -0.3 is 14.8 Å². The lowest BCUT2D eigenvalue weighted by Gasteiger charge is -2.22. The maximum absolute atomic E-state index is 9.10. The third-order valence-electron chi connectivity index (χ3n) is 3.18. The van der Waals surface area contributed by atoms with Crippen molar-refractivity contribution in [2.45, 2.75) is 25.5 Å². The van der Waals surface area contributed by atoms with Gasteiger partial charge in [0, 0.05) is 23.7 Å². The average molecular weight is 247 g/mol. The van der Waals surface area contributed by atoms with E-state index in [4.69, 9.17) is 14.8 Å². The number of aromatic nitrogens is 3. The van der Waals surface area contributed by atoms with Crippen molar-refractivity contribution in [1.29, 1.82) is 0 Å². The maximum atomic E-state index is 9.10. The molecular formula is C11H14BN3O3. The Morgan fingerprint density at radius 3 is 2.94 bits per heavy atom. The second-order valence-corrected chi connectivity index (χ2v) is 4.47. The van der Waals surface area contributed by atoms with Gasteiger partial charge in [0.2, 0.25) is 0 Å². The zero-order valence-corrected chi connectivity index (χ0v) is 9.86. The molecule has 18 heavy (non-hydrogen) atoms. The number of hydrogen-bond donors (Lipinski definition) is 2. The first-order chi connectivity index (χ1) is 8.75. The van der Waals surface area contributed by atoms with E-state index in [-0.39, 0.29) is 6.23 Å². The SMILES string of the molecule is OB(O)c1cnc2c(cnn2C2CCCCO2)c1. The van der Waals surface area contributed by atoms with Crippen molar-refractivity contribution < 1.29 is 14.8 Å². The normalized spacial score (nSPS) is 20.2. The van der Waals surface area contributed by atoms with Crippen molar-refractivity contribution in [3.05, 3.63) is 18.5 Å². The lowest BCUT2D eigenvalue weighted by Crippen LogP contribution is -2.30. The molecule has 3 rings (SSSR count). The summed E-state index contributed by atoms with van der Waals surface area (Å²) in [5, 5.41) is 23.3. The fraction of sp³-hybridized carbons (Fsp3) is 0.455. The van der Waals surface area contributed by atoms with Gasteiger partial charge in [0.05, 0.1) is 6.20 Å². The van der Waals surface area contributed by atoms with Gasteiger partial charge in [-0.2, -0.15) is 5.10 Å². The van der Waals surface area contributed by atoms with E-state index in [9.17, 15) is 0 Å². The topological polar surface area (TPSA) is 80.4 Å². The van der Waals surface area contributed by atoms with Crippen molar-refractivity contribution in [3.63, 3.8) is 0 Å². The second kappa shape index (κ2) is 4.68. The van der Waals surface area contributed by atoms with Crippen LogP contribution in [0.4, 0.5) is 0 Å². The fourth-order valence-corrected chi connectivity index (χ4v) is 2.23. The minimum absolute atomic E-state index is 0.0614. The van der Waals surface area contributed by atoms with Gasteiger partial charge in [-0.25, -0.2) is 9.67 Å². The number of rotatable bonds is 2. The van der Waals surface area contributed by atoms with Crippen LogP contribution in [0.3, 0.4) is 0 Å². The van der Waals surface area contributed by atoms with Gasteiger partial charge in [0.15, 0.2) is 11.9 Å². The van der Waals surface area contributed by atoms with E-state index in [1.54, 1.807) is 16.9 Å². The van der Waals surface area contributed by atoms with E-state index in [2.05, 4.69) is 10.1 Å². The van der Waals surface area contributed by atoms with Crippen molar-refractivity contribution >= 4 is 23.6 Å². The van der Waals surface area contributed by atoms with E-state index in [0.29, 0.717) is 11.1 Å². The molecule has 0 amide bonds. The molecule has 1 fully saturated rings. The highest BCUT2D eigenvalue weighted by molar-refractivity contribution is 6.58. The van der Waals surface area contributed by atoms with E-state index < -0.39 is 7.12 Å². The number of fused-ring (bicyclic) bond motifs is 1. The van der Waals surface area contributed by atoms with E-state index >= 15 is 0 Å². The zero-order chi connectivity index (χ0) is 12.5. The summed E-state index contributed by atoms with van der Waals surface area (Å²) in [6.45, 7) is 0.749. The molecule has 1 unspecified atom stereocenters. The van der Waals surface area contributed by atoms with Crippen LogP contribution in [-0.4, -0.2) is 38.5 Å². The number of nitrogens with zero attached hydrogens (tertiary/aromatic N) is 3. The van der Waals surface area contributed by atoms with Crippen molar-refractivity contribution in [2.75, 3.05) is 6.61 Å². The molecule has 94 valence electrons. The summed E-state index contributed by atoms with van der Waals surface area (Å²) in [6, 6.07) is 1.68. The molecular weight excluding hydrogens is 233 g/mol. The minimum Gasteiger partial charge on any atom is -0.423 e. The molecule has 2 aromatic rings.